The van der Waals surface area contributed by atoms with Crippen LogP contribution in [0.4, 0.5) is 0 Å². The number of hydrogen-bond acceptors (Lipinski definition) is 3. The first kappa shape index (κ1) is 17.5. The molecule has 1 aromatic rings. The minimum atomic E-state index is -0.346. The quantitative estimate of drug-likeness (QED) is 0.887. The fourth-order valence-corrected chi connectivity index (χ4v) is 3.67. The first-order chi connectivity index (χ1) is 11.9. The fourth-order valence-electron chi connectivity index (χ4n) is 3.67. The topological polar surface area (TPSA) is 83.7 Å². The molecule has 0 radical (unpaired) electrons. The molecule has 2 N–H and O–H groups in total. The van der Waals surface area contributed by atoms with Crippen molar-refractivity contribution in [1.82, 2.24) is 9.80 Å². The molecule has 134 valence electrons. The summed E-state index contributed by atoms with van der Waals surface area (Å²) in [6.45, 7) is 4.04. The van der Waals surface area contributed by atoms with Gasteiger partial charge in [0.2, 0.25) is 17.7 Å². The monoisotopic (exact) mass is 343 g/mol. The molecular weight excluding hydrogens is 318 g/mol. The van der Waals surface area contributed by atoms with Crippen molar-refractivity contribution in [3.63, 3.8) is 0 Å². The van der Waals surface area contributed by atoms with Crippen molar-refractivity contribution in [1.29, 1.82) is 0 Å². The number of piperidine rings is 1. The smallest absolute Gasteiger partial charge is 0.228 e. The standard InChI is InChI=1S/C19H25N3O3/c1-13-4-6-14(7-5-13)10-22-12-16(9-17(22)23)19(25)21-8-2-3-15(11-21)18(20)24/h4-7,15-16H,2-3,8-12H2,1H3,(H2,20,24). The van der Waals surface area contributed by atoms with E-state index < -0.39 is 0 Å². The Balaban J connectivity index is 1.60. The van der Waals surface area contributed by atoms with Crippen LogP contribution in [0.3, 0.4) is 0 Å². The predicted molar refractivity (Wildman–Crippen MR) is 93.2 cm³/mol. The number of benzene rings is 1. The van der Waals surface area contributed by atoms with E-state index in [1.165, 1.54) is 5.56 Å². The summed E-state index contributed by atoms with van der Waals surface area (Å²) < 4.78 is 0. The molecule has 3 amide bonds. The van der Waals surface area contributed by atoms with Crippen LogP contribution in [0.1, 0.15) is 30.4 Å². The average Bonchev–Trinajstić information content (AvgIpc) is 2.97. The highest BCUT2D eigenvalue weighted by Crippen LogP contribution is 2.25. The molecule has 0 aromatic heterocycles. The summed E-state index contributed by atoms with van der Waals surface area (Å²) in [5.74, 6) is -0.933. The van der Waals surface area contributed by atoms with E-state index in [2.05, 4.69) is 0 Å². The van der Waals surface area contributed by atoms with Gasteiger partial charge in [0.05, 0.1) is 11.8 Å². The molecule has 2 aliphatic heterocycles. The Morgan fingerprint density at radius 1 is 1.16 bits per heavy atom. The van der Waals surface area contributed by atoms with E-state index in [4.69, 9.17) is 5.73 Å². The number of primary amides is 1. The number of carbonyl (C=O) groups is 3. The van der Waals surface area contributed by atoms with E-state index in [9.17, 15) is 14.4 Å². The van der Waals surface area contributed by atoms with Crippen LogP contribution in [0, 0.1) is 18.8 Å². The van der Waals surface area contributed by atoms with E-state index in [1.54, 1.807) is 9.80 Å². The molecule has 1 aromatic carbocycles. The third-order valence-electron chi connectivity index (χ3n) is 5.19. The van der Waals surface area contributed by atoms with Crippen LogP contribution in [-0.2, 0) is 20.9 Å². The summed E-state index contributed by atoms with van der Waals surface area (Å²) in [5.41, 5.74) is 7.63. The van der Waals surface area contributed by atoms with Crippen LogP contribution in [0.5, 0.6) is 0 Å². The Labute approximate surface area is 148 Å². The van der Waals surface area contributed by atoms with E-state index in [1.807, 2.05) is 31.2 Å². The number of amides is 3. The summed E-state index contributed by atoms with van der Waals surface area (Å²) >= 11 is 0. The van der Waals surface area contributed by atoms with Gasteiger partial charge in [-0.25, -0.2) is 0 Å². The fraction of sp³-hybridized carbons (Fsp3) is 0.526. The zero-order valence-corrected chi connectivity index (χ0v) is 14.6. The zero-order chi connectivity index (χ0) is 18.0. The predicted octanol–water partition coefficient (Wildman–Crippen LogP) is 1.07. The number of nitrogens with zero attached hydrogens (tertiary/aromatic N) is 2. The lowest BCUT2D eigenvalue weighted by Gasteiger charge is -2.32. The van der Waals surface area contributed by atoms with Gasteiger partial charge in [-0.3, -0.25) is 14.4 Å². The SMILES string of the molecule is Cc1ccc(CN2CC(C(=O)N3CCCC(C(N)=O)C3)CC2=O)cc1. The lowest BCUT2D eigenvalue weighted by atomic mass is 9.96. The third-order valence-corrected chi connectivity index (χ3v) is 5.19. The van der Waals surface area contributed by atoms with Crippen molar-refractivity contribution in [3.8, 4) is 0 Å². The van der Waals surface area contributed by atoms with Gasteiger partial charge in [-0.05, 0) is 25.3 Å². The molecule has 2 saturated heterocycles. The lowest BCUT2D eigenvalue weighted by molar-refractivity contribution is -0.139. The van der Waals surface area contributed by atoms with Crippen molar-refractivity contribution in [3.05, 3.63) is 35.4 Å². The first-order valence-electron chi connectivity index (χ1n) is 8.85. The molecule has 0 aliphatic carbocycles. The molecule has 2 atom stereocenters. The van der Waals surface area contributed by atoms with Gasteiger partial charge in [0.1, 0.15) is 0 Å². The highest BCUT2D eigenvalue weighted by Gasteiger charge is 2.38. The number of likely N-dealkylation sites (tertiary alicyclic amines) is 2. The molecule has 0 saturated carbocycles. The first-order valence-corrected chi connectivity index (χ1v) is 8.85. The minimum Gasteiger partial charge on any atom is -0.369 e. The highest BCUT2D eigenvalue weighted by atomic mass is 16.2. The zero-order valence-electron chi connectivity index (χ0n) is 14.6. The van der Waals surface area contributed by atoms with E-state index in [0.717, 1.165) is 18.4 Å². The van der Waals surface area contributed by atoms with Crippen LogP contribution in [0.2, 0.25) is 0 Å². The second-order valence-corrected chi connectivity index (χ2v) is 7.19. The summed E-state index contributed by atoms with van der Waals surface area (Å²) in [5, 5.41) is 0. The second-order valence-electron chi connectivity index (χ2n) is 7.19. The maximum atomic E-state index is 12.8. The Bertz CT molecular complexity index is 671. The van der Waals surface area contributed by atoms with Crippen molar-refractivity contribution in [2.45, 2.75) is 32.7 Å². The Hall–Kier alpha value is -2.37. The molecule has 2 unspecified atom stereocenters. The summed E-state index contributed by atoms with van der Waals surface area (Å²) in [6, 6.07) is 8.08. The van der Waals surface area contributed by atoms with Gasteiger partial charge in [0, 0.05) is 32.6 Å². The van der Waals surface area contributed by atoms with Gasteiger partial charge < -0.3 is 15.5 Å². The lowest BCUT2D eigenvalue weighted by Crippen LogP contribution is -2.46. The van der Waals surface area contributed by atoms with E-state index in [-0.39, 0.29) is 36.0 Å². The highest BCUT2D eigenvalue weighted by molar-refractivity contribution is 5.89. The van der Waals surface area contributed by atoms with Gasteiger partial charge in [0.25, 0.3) is 0 Å². The van der Waals surface area contributed by atoms with Crippen molar-refractivity contribution in [2.24, 2.45) is 17.6 Å². The van der Waals surface area contributed by atoms with Gasteiger partial charge in [-0.15, -0.1) is 0 Å². The van der Waals surface area contributed by atoms with Crippen LogP contribution in [0.15, 0.2) is 24.3 Å². The van der Waals surface area contributed by atoms with Crippen LogP contribution in [-0.4, -0.2) is 47.2 Å². The molecule has 25 heavy (non-hydrogen) atoms. The summed E-state index contributed by atoms with van der Waals surface area (Å²) in [7, 11) is 0. The van der Waals surface area contributed by atoms with Crippen LogP contribution >= 0.6 is 0 Å². The Kier molecular flexibility index (Phi) is 5.06. The van der Waals surface area contributed by atoms with E-state index >= 15 is 0 Å². The molecular formula is C19H25N3O3. The average molecular weight is 343 g/mol. The maximum Gasteiger partial charge on any atom is 0.228 e. The number of aryl methyl sites for hydroxylation is 1. The van der Waals surface area contributed by atoms with Crippen LogP contribution < -0.4 is 5.73 Å². The molecule has 2 heterocycles. The molecule has 2 aliphatic rings. The molecule has 6 heteroatoms. The maximum absolute atomic E-state index is 12.8. The van der Waals surface area contributed by atoms with Gasteiger partial charge in [-0.1, -0.05) is 29.8 Å². The Morgan fingerprint density at radius 3 is 2.56 bits per heavy atom. The largest absolute Gasteiger partial charge is 0.369 e. The van der Waals surface area contributed by atoms with Crippen molar-refractivity contribution >= 4 is 17.7 Å². The molecule has 2 fully saturated rings. The molecule has 3 rings (SSSR count). The van der Waals surface area contributed by atoms with E-state index in [0.29, 0.717) is 26.2 Å². The van der Waals surface area contributed by atoms with Gasteiger partial charge >= 0.3 is 0 Å². The Morgan fingerprint density at radius 2 is 1.88 bits per heavy atom. The second kappa shape index (κ2) is 7.25. The van der Waals surface area contributed by atoms with Crippen molar-refractivity contribution in [2.75, 3.05) is 19.6 Å². The number of rotatable bonds is 4. The molecule has 0 bridgehead atoms. The number of carbonyl (C=O) groups excluding carboxylic acids is 3. The van der Waals surface area contributed by atoms with Gasteiger partial charge in [-0.2, -0.15) is 0 Å². The summed E-state index contributed by atoms with van der Waals surface area (Å²) in [4.78, 5) is 39.9. The molecule has 6 nitrogen and oxygen atoms in total. The summed E-state index contributed by atoms with van der Waals surface area (Å²) in [6.07, 6.45) is 1.78. The van der Waals surface area contributed by atoms with Crippen molar-refractivity contribution < 1.29 is 14.4 Å². The molecule has 0 spiro atoms. The number of nitrogens with two attached hydrogens (primary N) is 1. The normalized spacial score (nSPS) is 23.8. The third kappa shape index (κ3) is 4.00. The number of hydrogen-bond donors (Lipinski definition) is 1. The van der Waals surface area contributed by atoms with Gasteiger partial charge in [0.15, 0.2) is 0 Å². The van der Waals surface area contributed by atoms with Crippen LogP contribution in [0.25, 0.3) is 0 Å². The minimum absolute atomic E-state index is 0.0161.